The molecule has 14 rings (SSSR count). The zero-order valence-electron chi connectivity index (χ0n) is 67.1. The maximum Gasteiger partial charge on any atom is 0.133 e. The Hall–Kier alpha value is -8.46. The molecule has 1 aliphatic rings. The van der Waals surface area contributed by atoms with Gasteiger partial charge in [-0.15, -0.1) is 11.3 Å². The number of aromatic amines is 2. The second-order valence-electron chi connectivity index (χ2n) is 35.5. The average molecular weight is 1370 g/mol. The van der Waals surface area contributed by atoms with Crippen LogP contribution in [0.3, 0.4) is 0 Å². The monoisotopic (exact) mass is 1370 g/mol. The van der Waals surface area contributed by atoms with E-state index in [0.717, 1.165) is 39.5 Å². The molecule has 7 heterocycles. The lowest BCUT2D eigenvalue weighted by molar-refractivity contribution is 0.469. The quantitative estimate of drug-likeness (QED) is 0.158. The molecule has 0 fully saturated rings. The Kier molecular flexibility index (Phi) is 40.6. The fraction of sp³-hybridized carbons (Fsp3) is 0.391. The Bertz CT molecular complexity index is 3460. The van der Waals surface area contributed by atoms with Crippen LogP contribution in [0.25, 0.3) is 64.5 Å². The van der Waals surface area contributed by atoms with Gasteiger partial charge in [0.25, 0.3) is 0 Å². The minimum atomic E-state index is 0.500. The lowest BCUT2D eigenvalue weighted by Gasteiger charge is -2.05. The van der Waals surface area contributed by atoms with Crippen molar-refractivity contribution in [3.05, 3.63) is 254 Å². The summed E-state index contributed by atoms with van der Waals surface area (Å²) in [5.41, 5.74) is 10.3. The molecule has 540 valence electrons. The van der Waals surface area contributed by atoms with Crippen LogP contribution in [0.15, 0.2) is 258 Å². The summed E-state index contributed by atoms with van der Waals surface area (Å²) in [6.07, 6.45) is 13.9. The largest absolute Gasteiger partial charge is 0.464 e. The summed E-state index contributed by atoms with van der Waals surface area (Å²) in [4.78, 5) is 15.5. The summed E-state index contributed by atoms with van der Waals surface area (Å²) in [5.74, 6) is 0. The third-order valence-corrected chi connectivity index (χ3v) is 11.0. The molecule has 0 radical (unpaired) electrons. The third kappa shape index (κ3) is 55.4. The summed E-state index contributed by atoms with van der Waals surface area (Å²) in [5, 5.41) is 17.5. The van der Waals surface area contributed by atoms with Crippen molar-refractivity contribution in [1.29, 1.82) is 0 Å². The molecule has 0 spiro atoms. The molecule has 0 bridgehead atoms. The zero-order chi connectivity index (χ0) is 75.6. The number of aliphatic imine (C=N–C) groups is 1. The Morgan fingerprint density at radius 2 is 0.790 bits per heavy atom. The summed E-state index contributed by atoms with van der Waals surface area (Å²) < 4.78 is 6.49. The van der Waals surface area contributed by atoms with Gasteiger partial charge in [0.15, 0.2) is 0 Å². The van der Waals surface area contributed by atoms with Crippen LogP contribution in [-0.4, -0.2) is 31.4 Å². The Morgan fingerprint density at radius 3 is 1.30 bits per heavy atom. The molecule has 0 aliphatic carbocycles. The molecule has 0 atom stereocenters. The number of thiophene rings is 1. The molecular weight excluding hydrogens is 1240 g/mol. The highest BCUT2D eigenvalue weighted by molar-refractivity contribution is 7.17. The van der Waals surface area contributed by atoms with Gasteiger partial charge in [-0.2, -0.15) is 5.10 Å². The molecule has 100 heavy (non-hydrogen) atoms. The first-order valence-corrected chi connectivity index (χ1v) is 36.1. The van der Waals surface area contributed by atoms with E-state index in [4.69, 9.17) is 4.42 Å². The minimum absolute atomic E-state index is 0.500. The highest BCUT2D eigenvalue weighted by Crippen LogP contribution is 2.23. The summed E-state index contributed by atoms with van der Waals surface area (Å²) in [6, 6.07) is 69.2. The van der Waals surface area contributed by atoms with E-state index in [2.05, 4.69) is 308 Å². The number of pyridine rings is 2. The van der Waals surface area contributed by atoms with Crippen LogP contribution >= 0.6 is 11.3 Å². The van der Waals surface area contributed by atoms with E-state index in [0.29, 0.717) is 37.9 Å². The summed E-state index contributed by atoms with van der Waals surface area (Å²) in [6.45, 7) is 61.2. The van der Waals surface area contributed by atoms with Gasteiger partial charge in [-0.25, -0.2) is 0 Å². The number of hydrogen-bond donors (Lipinski definition) is 2. The predicted molar refractivity (Wildman–Crippen MR) is 450 cm³/mol. The Labute approximate surface area is 611 Å². The lowest BCUT2D eigenvalue weighted by Crippen LogP contribution is -1.93. The molecular formula is C92H130N6OS. The number of benzene rings is 7. The van der Waals surface area contributed by atoms with Crippen molar-refractivity contribution in [2.75, 3.05) is 0 Å². The number of H-pyrrole nitrogens is 2. The van der Waals surface area contributed by atoms with Gasteiger partial charge in [-0.3, -0.25) is 20.1 Å². The van der Waals surface area contributed by atoms with E-state index in [-0.39, 0.29) is 0 Å². The van der Waals surface area contributed by atoms with E-state index in [1.165, 1.54) is 42.7 Å². The molecule has 6 aromatic heterocycles. The van der Waals surface area contributed by atoms with Crippen LogP contribution in [-0.2, 0) is 6.42 Å². The molecule has 0 amide bonds. The van der Waals surface area contributed by atoms with Crippen molar-refractivity contribution in [3.8, 4) is 0 Å². The van der Waals surface area contributed by atoms with E-state index >= 15 is 0 Å². The van der Waals surface area contributed by atoms with Crippen LogP contribution in [0.2, 0.25) is 0 Å². The molecule has 0 saturated carbocycles. The minimum Gasteiger partial charge on any atom is -0.464 e. The molecule has 7 nitrogen and oxygen atoms in total. The standard InChI is InChI=1S/2C9H7N.2C8H7N.C8H6O.C8H6S.C7H6N2.7C5H12/c1-2-6-9-8(4-1)5-3-7-10-9;1-2-4-9-7-10-6-5-8(9)3-1;4*1-2-4-8-7(3-1)5-6-9-8;1-2-4-7-6(3-1)5-8-9-7;7*1-5(2,3)4/h2*1-7H;1-4,6H,5H2;1-6,9H;2*1-6H;1-5H,(H,8,9);7*1-4H3. The lowest BCUT2D eigenvalue weighted by atomic mass is 10.0. The third-order valence-electron chi connectivity index (χ3n) is 10.1. The van der Waals surface area contributed by atoms with E-state index < -0.39 is 0 Å². The highest BCUT2D eigenvalue weighted by Gasteiger charge is 2.03. The number of nitrogens with one attached hydrogen (secondary N) is 2. The van der Waals surface area contributed by atoms with Crippen molar-refractivity contribution in [2.45, 2.75) is 200 Å². The van der Waals surface area contributed by atoms with Gasteiger partial charge in [0, 0.05) is 63.8 Å². The number of hydrogen-bond acceptors (Lipinski definition) is 6. The van der Waals surface area contributed by atoms with Crippen molar-refractivity contribution >= 4 is 87.8 Å². The van der Waals surface area contributed by atoms with Gasteiger partial charge in [-0.1, -0.05) is 333 Å². The normalized spacial score (nSPS) is 11.1. The van der Waals surface area contributed by atoms with Gasteiger partial charge >= 0.3 is 0 Å². The van der Waals surface area contributed by atoms with Crippen molar-refractivity contribution in [1.82, 2.24) is 25.1 Å². The number of para-hydroxylation sites is 5. The van der Waals surface area contributed by atoms with Crippen LogP contribution in [0.4, 0.5) is 5.69 Å². The van der Waals surface area contributed by atoms with Crippen LogP contribution in [0, 0.1) is 37.9 Å². The van der Waals surface area contributed by atoms with Crippen LogP contribution in [0.5, 0.6) is 0 Å². The zero-order valence-corrected chi connectivity index (χ0v) is 67.9. The van der Waals surface area contributed by atoms with Crippen molar-refractivity contribution in [2.24, 2.45) is 42.9 Å². The average Bonchev–Trinajstić information content (AvgIpc) is 1.14. The molecule has 1 aliphatic heterocycles. The maximum absolute atomic E-state index is 5.12. The van der Waals surface area contributed by atoms with Crippen molar-refractivity contribution < 1.29 is 4.42 Å². The number of rotatable bonds is 0. The van der Waals surface area contributed by atoms with E-state index in [1.54, 1.807) is 17.6 Å². The summed E-state index contributed by atoms with van der Waals surface area (Å²) >= 11 is 1.79. The first kappa shape index (κ1) is 89.6. The fourth-order valence-electron chi connectivity index (χ4n) is 6.78. The highest BCUT2D eigenvalue weighted by atomic mass is 32.1. The van der Waals surface area contributed by atoms with Gasteiger partial charge in [0.05, 0.1) is 29.2 Å². The second kappa shape index (κ2) is 45.3. The first-order valence-electron chi connectivity index (χ1n) is 35.2. The van der Waals surface area contributed by atoms with Crippen molar-refractivity contribution in [3.63, 3.8) is 0 Å². The van der Waals surface area contributed by atoms with Gasteiger partial charge in [0.2, 0.25) is 0 Å². The van der Waals surface area contributed by atoms with Gasteiger partial charge < -0.3 is 9.40 Å². The summed E-state index contributed by atoms with van der Waals surface area (Å²) in [7, 11) is 0. The smallest absolute Gasteiger partial charge is 0.133 e. The number of nitrogens with zero attached hydrogens (tertiary/aromatic N) is 4. The first-order chi connectivity index (χ1) is 46.3. The molecule has 2 N–H and O–H groups in total. The van der Waals surface area contributed by atoms with Gasteiger partial charge in [0.1, 0.15) is 5.58 Å². The molecule has 8 heteroatoms. The second-order valence-corrected chi connectivity index (χ2v) is 36.5. The predicted octanol–water partition coefficient (Wildman–Crippen LogP) is 29.8. The maximum atomic E-state index is 5.12. The van der Waals surface area contributed by atoms with E-state index in [1.807, 2.05) is 165 Å². The van der Waals surface area contributed by atoms with E-state index in [9.17, 15) is 0 Å². The fourth-order valence-corrected chi connectivity index (χ4v) is 7.58. The SMILES string of the molecule is C1=Nc2ccccc2C1.CC(C)(C)C.CC(C)(C)C.CC(C)(C)C.CC(C)(C)C.CC(C)(C)C.CC(C)(C)C.CC(C)(C)C.c1ccc2[nH]ccc2c1.c1ccc2[nH]ncc2c1.c1ccc2cnccc2c1.c1ccc2ncccc2c1.c1ccc2occc2c1.c1ccc2sccc2c1. The number of aromatic nitrogens is 5. The number of fused-ring (bicyclic) bond motifs is 7. The molecule has 0 unspecified atom stereocenters. The van der Waals surface area contributed by atoms with Crippen LogP contribution < -0.4 is 0 Å². The molecule has 0 saturated heterocycles. The number of furan rings is 1. The topological polar surface area (TPSA) is 95.8 Å². The Morgan fingerprint density at radius 1 is 0.350 bits per heavy atom. The molecule has 7 aromatic carbocycles. The Balaban J connectivity index is 0.000000544. The van der Waals surface area contributed by atoms with Gasteiger partial charge in [-0.05, 0) is 137 Å². The molecule has 13 aromatic rings. The van der Waals surface area contributed by atoms with Crippen LogP contribution in [0.1, 0.15) is 199 Å².